The summed E-state index contributed by atoms with van der Waals surface area (Å²) >= 11 is 0. The summed E-state index contributed by atoms with van der Waals surface area (Å²) in [4.78, 5) is 15.9. The first-order valence-electron chi connectivity index (χ1n) is 20.5. The van der Waals surface area contributed by atoms with E-state index < -0.39 is 0 Å². The zero-order valence-electron chi connectivity index (χ0n) is 32.7. The van der Waals surface area contributed by atoms with E-state index in [4.69, 9.17) is 19.4 Å². The molecule has 0 atom stereocenters. The number of para-hydroxylation sites is 4. The fourth-order valence-electron chi connectivity index (χ4n) is 9.38. The lowest BCUT2D eigenvalue weighted by atomic mass is 10.0. The maximum atomic E-state index is 6.93. The van der Waals surface area contributed by atoms with Crippen LogP contribution < -0.4 is 0 Å². The molecule has 0 aliphatic carbocycles. The van der Waals surface area contributed by atoms with E-state index in [-0.39, 0.29) is 0 Å². The normalized spacial score (nSPS) is 11.9. The zero-order valence-corrected chi connectivity index (χ0v) is 32.7. The Hall–Kier alpha value is -8.35. The summed E-state index contributed by atoms with van der Waals surface area (Å²) in [6.45, 7) is 0. The Labute approximate surface area is 349 Å². The SMILES string of the molecule is c1ccc(-c2ccc(-c3nc(-c4ccc(-n5c6ccccc6c6cc7ccccc7cc65)c5c4oc4ccccc45)nc(-n4c5ccccc5c5ccccc54)n3)cc2)cc1. The number of rotatable bonds is 5. The minimum Gasteiger partial charge on any atom is -0.455 e. The van der Waals surface area contributed by atoms with E-state index in [2.05, 4.69) is 191 Å². The van der Waals surface area contributed by atoms with Crippen LogP contribution in [-0.4, -0.2) is 24.1 Å². The standard InChI is InChI=1S/C55H33N5O/c1-2-14-34(15-3-1)35-26-28-36(29-27-35)53-56-54(58-55(57-53)60-46-23-11-6-18-39(46)40-19-7-12-24-47(40)60)43-30-31-48(51-42-21-9-13-25-50(42)61-52(43)51)59-45-22-10-8-20-41(45)44-32-37-16-4-5-17-38(37)33-49(44)59/h1-33H. The fraction of sp³-hybridized carbons (Fsp3) is 0. The topological polar surface area (TPSA) is 61.7 Å². The highest BCUT2D eigenvalue weighted by molar-refractivity contribution is 6.18. The van der Waals surface area contributed by atoms with E-state index in [1.807, 2.05) is 18.2 Å². The predicted molar refractivity (Wildman–Crippen MR) is 250 cm³/mol. The molecule has 13 aromatic rings. The van der Waals surface area contributed by atoms with Crippen molar-refractivity contribution in [1.29, 1.82) is 0 Å². The van der Waals surface area contributed by atoms with Gasteiger partial charge in [0, 0.05) is 32.5 Å². The smallest absolute Gasteiger partial charge is 0.238 e. The quantitative estimate of drug-likeness (QED) is 0.175. The summed E-state index contributed by atoms with van der Waals surface area (Å²) < 4.78 is 11.5. The molecule has 0 bridgehead atoms. The van der Waals surface area contributed by atoms with Gasteiger partial charge in [-0.15, -0.1) is 0 Å². The Morgan fingerprint density at radius 2 is 0.902 bits per heavy atom. The van der Waals surface area contributed by atoms with Gasteiger partial charge in [-0.25, -0.2) is 4.98 Å². The first-order chi connectivity index (χ1) is 30.2. The average Bonchev–Trinajstić information content (AvgIpc) is 3.99. The monoisotopic (exact) mass is 779 g/mol. The summed E-state index contributed by atoms with van der Waals surface area (Å²) in [6.07, 6.45) is 0. The van der Waals surface area contributed by atoms with Crippen molar-refractivity contribution >= 4 is 76.3 Å². The van der Waals surface area contributed by atoms with Crippen LogP contribution in [0.2, 0.25) is 0 Å². The van der Waals surface area contributed by atoms with Crippen molar-refractivity contribution in [3.05, 3.63) is 200 Å². The third kappa shape index (κ3) is 5.12. The van der Waals surface area contributed by atoms with Gasteiger partial charge < -0.3 is 8.98 Å². The molecule has 4 heterocycles. The highest BCUT2D eigenvalue weighted by atomic mass is 16.3. The first kappa shape index (κ1) is 33.6. The molecule has 0 saturated carbocycles. The second-order valence-electron chi connectivity index (χ2n) is 15.6. The van der Waals surface area contributed by atoms with E-state index in [9.17, 15) is 0 Å². The number of furan rings is 1. The highest BCUT2D eigenvalue weighted by Crippen LogP contribution is 2.43. The number of hydrogen-bond donors (Lipinski definition) is 0. The maximum Gasteiger partial charge on any atom is 0.238 e. The van der Waals surface area contributed by atoms with E-state index in [1.54, 1.807) is 0 Å². The molecule has 284 valence electrons. The van der Waals surface area contributed by atoms with Gasteiger partial charge in [0.2, 0.25) is 5.95 Å². The van der Waals surface area contributed by atoms with Crippen molar-refractivity contribution in [2.45, 2.75) is 0 Å². The van der Waals surface area contributed by atoms with E-state index in [0.717, 1.165) is 82.7 Å². The van der Waals surface area contributed by atoms with E-state index >= 15 is 0 Å². The number of hydrogen-bond acceptors (Lipinski definition) is 4. The summed E-state index contributed by atoms with van der Waals surface area (Å²) in [7, 11) is 0. The molecule has 0 radical (unpaired) electrons. The fourth-order valence-corrected chi connectivity index (χ4v) is 9.38. The predicted octanol–water partition coefficient (Wildman–Crippen LogP) is 14.1. The van der Waals surface area contributed by atoms with Gasteiger partial charge in [-0.05, 0) is 70.4 Å². The lowest BCUT2D eigenvalue weighted by molar-refractivity contribution is 0.669. The molecule has 61 heavy (non-hydrogen) atoms. The van der Waals surface area contributed by atoms with Crippen molar-refractivity contribution in [3.8, 4) is 45.5 Å². The van der Waals surface area contributed by atoms with Crippen LogP contribution in [0.4, 0.5) is 0 Å². The van der Waals surface area contributed by atoms with Gasteiger partial charge in [0.1, 0.15) is 11.2 Å². The van der Waals surface area contributed by atoms with Crippen LogP contribution in [0.5, 0.6) is 0 Å². The van der Waals surface area contributed by atoms with Crippen molar-refractivity contribution in [1.82, 2.24) is 24.1 Å². The Morgan fingerprint density at radius 3 is 1.62 bits per heavy atom. The molecule has 0 aliphatic heterocycles. The molecule has 13 rings (SSSR count). The molecule has 0 spiro atoms. The van der Waals surface area contributed by atoms with Gasteiger partial charge in [-0.3, -0.25) is 4.57 Å². The van der Waals surface area contributed by atoms with Crippen LogP contribution in [-0.2, 0) is 0 Å². The molecule has 0 saturated heterocycles. The molecule has 0 N–H and O–H groups in total. The van der Waals surface area contributed by atoms with Crippen LogP contribution >= 0.6 is 0 Å². The summed E-state index contributed by atoms with van der Waals surface area (Å²) in [5.74, 6) is 1.63. The molecule has 0 fully saturated rings. The van der Waals surface area contributed by atoms with E-state index in [1.165, 1.54) is 21.5 Å². The molecular weight excluding hydrogens is 747 g/mol. The van der Waals surface area contributed by atoms with Crippen molar-refractivity contribution in [2.75, 3.05) is 0 Å². The van der Waals surface area contributed by atoms with Gasteiger partial charge in [-0.1, -0.05) is 152 Å². The largest absolute Gasteiger partial charge is 0.455 e. The number of benzene rings is 9. The average molecular weight is 780 g/mol. The lowest BCUT2D eigenvalue weighted by Crippen LogP contribution is -2.06. The van der Waals surface area contributed by atoms with Crippen LogP contribution in [0.1, 0.15) is 0 Å². The molecule has 0 amide bonds. The Kier molecular flexibility index (Phi) is 7.21. The van der Waals surface area contributed by atoms with Crippen molar-refractivity contribution < 1.29 is 4.42 Å². The highest BCUT2D eigenvalue weighted by Gasteiger charge is 2.24. The van der Waals surface area contributed by atoms with E-state index in [0.29, 0.717) is 17.6 Å². The van der Waals surface area contributed by atoms with Crippen LogP contribution in [0.3, 0.4) is 0 Å². The summed E-state index contributed by atoms with van der Waals surface area (Å²) in [5, 5.41) is 9.10. The minimum atomic E-state index is 0.526. The van der Waals surface area contributed by atoms with Gasteiger partial charge in [0.15, 0.2) is 11.6 Å². The number of aromatic nitrogens is 5. The van der Waals surface area contributed by atoms with Crippen molar-refractivity contribution in [3.63, 3.8) is 0 Å². The summed E-state index contributed by atoms with van der Waals surface area (Å²) in [6, 6.07) is 70.3. The van der Waals surface area contributed by atoms with Gasteiger partial charge in [-0.2, -0.15) is 9.97 Å². The Morgan fingerprint density at radius 1 is 0.361 bits per heavy atom. The number of fused-ring (bicyclic) bond motifs is 10. The maximum absolute atomic E-state index is 6.93. The second-order valence-corrected chi connectivity index (χ2v) is 15.6. The van der Waals surface area contributed by atoms with Crippen LogP contribution in [0.15, 0.2) is 205 Å². The molecule has 4 aromatic heterocycles. The molecular formula is C55H33N5O. The number of nitrogens with zero attached hydrogens (tertiary/aromatic N) is 5. The van der Waals surface area contributed by atoms with Crippen LogP contribution in [0.25, 0.3) is 122 Å². The van der Waals surface area contributed by atoms with Gasteiger partial charge >= 0.3 is 0 Å². The molecule has 6 heteroatoms. The minimum absolute atomic E-state index is 0.526. The second kappa shape index (κ2) is 13.1. The van der Waals surface area contributed by atoms with Crippen molar-refractivity contribution in [2.24, 2.45) is 0 Å². The first-order valence-corrected chi connectivity index (χ1v) is 20.5. The molecule has 0 aliphatic rings. The summed E-state index contributed by atoms with van der Waals surface area (Å²) in [5.41, 5.74) is 10.8. The van der Waals surface area contributed by atoms with Gasteiger partial charge in [0.25, 0.3) is 0 Å². The Balaban J connectivity index is 1.09. The third-order valence-corrected chi connectivity index (χ3v) is 12.2. The molecule has 9 aromatic carbocycles. The van der Waals surface area contributed by atoms with Crippen LogP contribution in [0, 0.1) is 0 Å². The zero-order chi connectivity index (χ0) is 40.0. The Bertz CT molecular complexity index is 3820. The van der Waals surface area contributed by atoms with Gasteiger partial charge in [0.05, 0.1) is 38.7 Å². The molecule has 6 nitrogen and oxygen atoms in total. The molecule has 0 unspecified atom stereocenters. The third-order valence-electron chi connectivity index (χ3n) is 12.2. The lowest BCUT2D eigenvalue weighted by Gasteiger charge is -2.14.